The minimum absolute atomic E-state index is 0.0579. The molecule has 3 rings (SSSR count). The Morgan fingerprint density at radius 2 is 1.83 bits per heavy atom. The van der Waals surface area contributed by atoms with Gasteiger partial charge in [0.05, 0.1) is 27.8 Å². The summed E-state index contributed by atoms with van der Waals surface area (Å²) < 4.78 is 40.2. The van der Waals surface area contributed by atoms with Crippen LogP contribution in [-0.2, 0) is 22.0 Å². The molecule has 152 valence electrons. The summed E-state index contributed by atoms with van der Waals surface area (Å²) >= 11 is 0. The van der Waals surface area contributed by atoms with Crippen LogP contribution in [0.25, 0.3) is 11.1 Å². The molecule has 0 spiro atoms. The molecular weight excluding hydrogens is 405 g/mol. The van der Waals surface area contributed by atoms with Crippen LogP contribution in [0.4, 0.5) is 4.39 Å². The van der Waals surface area contributed by atoms with Crippen molar-refractivity contribution < 1.29 is 22.7 Å². The molecule has 0 saturated carbocycles. The number of nitrogens with zero attached hydrogens (tertiary/aromatic N) is 1. The van der Waals surface area contributed by atoms with Crippen molar-refractivity contribution >= 4 is 15.8 Å². The van der Waals surface area contributed by atoms with E-state index in [2.05, 4.69) is 0 Å². The number of nitriles is 1. The molecule has 0 radical (unpaired) electrons. The molecule has 0 heterocycles. The molecule has 0 saturated heterocycles. The molecule has 0 aliphatic heterocycles. The number of hydrogen-bond acceptors (Lipinski definition) is 4. The van der Waals surface area contributed by atoms with Crippen LogP contribution in [0.5, 0.6) is 0 Å². The van der Waals surface area contributed by atoms with Crippen molar-refractivity contribution in [1.29, 1.82) is 5.26 Å². The minimum Gasteiger partial charge on any atom is -0.478 e. The molecule has 0 aliphatic carbocycles. The molecule has 30 heavy (non-hydrogen) atoms. The average Bonchev–Trinajstić information content (AvgIpc) is 2.72. The van der Waals surface area contributed by atoms with Gasteiger partial charge in [-0.3, -0.25) is 0 Å². The van der Waals surface area contributed by atoms with E-state index in [1.54, 1.807) is 25.1 Å². The van der Waals surface area contributed by atoms with Crippen LogP contribution in [-0.4, -0.2) is 19.5 Å². The molecule has 0 amide bonds. The smallest absolute Gasteiger partial charge is 0.335 e. The fraction of sp³-hybridized carbons (Fsp3) is 0.130. The highest BCUT2D eigenvalue weighted by atomic mass is 32.2. The molecule has 5 nitrogen and oxygen atoms in total. The maximum absolute atomic E-state index is 13.7. The van der Waals surface area contributed by atoms with E-state index < -0.39 is 27.4 Å². The van der Waals surface area contributed by atoms with E-state index in [0.29, 0.717) is 28.7 Å². The third kappa shape index (κ3) is 4.39. The second kappa shape index (κ2) is 8.47. The number of benzene rings is 3. The van der Waals surface area contributed by atoms with Gasteiger partial charge in [-0.25, -0.2) is 17.6 Å². The summed E-state index contributed by atoms with van der Waals surface area (Å²) in [7, 11) is -3.94. The third-order valence-electron chi connectivity index (χ3n) is 4.75. The van der Waals surface area contributed by atoms with E-state index in [1.807, 2.05) is 6.07 Å². The minimum atomic E-state index is -3.94. The predicted octanol–water partition coefficient (Wildman–Crippen LogP) is 4.60. The van der Waals surface area contributed by atoms with Crippen molar-refractivity contribution in [2.24, 2.45) is 0 Å². The number of halogens is 1. The number of sulfone groups is 1. The lowest BCUT2D eigenvalue weighted by Gasteiger charge is -2.14. The first-order valence-corrected chi connectivity index (χ1v) is 10.8. The molecular formula is C23H18FNO4S. The summed E-state index contributed by atoms with van der Waals surface area (Å²) in [4.78, 5) is 11.3. The Bertz CT molecular complexity index is 1280. The zero-order valence-electron chi connectivity index (χ0n) is 16.1. The Hall–Kier alpha value is -3.50. The molecule has 0 bridgehead atoms. The number of aromatic carboxylic acids is 1. The maximum Gasteiger partial charge on any atom is 0.335 e. The van der Waals surface area contributed by atoms with Crippen molar-refractivity contribution in [3.8, 4) is 17.2 Å². The lowest BCUT2D eigenvalue weighted by molar-refractivity contribution is 0.0696. The van der Waals surface area contributed by atoms with Gasteiger partial charge in [0.25, 0.3) is 0 Å². The van der Waals surface area contributed by atoms with Gasteiger partial charge >= 0.3 is 5.97 Å². The summed E-state index contributed by atoms with van der Waals surface area (Å²) in [6, 6.07) is 16.4. The zero-order chi connectivity index (χ0) is 21.9. The molecule has 1 N–H and O–H groups in total. The Morgan fingerprint density at radius 1 is 1.07 bits per heavy atom. The van der Waals surface area contributed by atoms with Crippen molar-refractivity contribution in [2.75, 3.05) is 0 Å². The molecule has 0 atom stereocenters. The van der Waals surface area contributed by atoms with Gasteiger partial charge in [0.15, 0.2) is 9.84 Å². The number of aryl methyl sites for hydroxylation is 1. The normalized spacial score (nSPS) is 11.1. The number of carbonyl (C=O) groups is 1. The van der Waals surface area contributed by atoms with Gasteiger partial charge in [0.1, 0.15) is 5.82 Å². The summed E-state index contributed by atoms with van der Waals surface area (Å²) in [5.74, 6) is -2.14. The molecule has 0 aromatic heterocycles. The fourth-order valence-corrected chi connectivity index (χ4v) is 4.99. The van der Waals surface area contributed by atoms with Gasteiger partial charge in [-0.2, -0.15) is 5.26 Å². The molecule has 3 aromatic carbocycles. The van der Waals surface area contributed by atoms with Crippen LogP contribution in [0, 0.1) is 17.1 Å². The van der Waals surface area contributed by atoms with Gasteiger partial charge < -0.3 is 5.11 Å². The number of carboxylic acid groups (broad SMARTS) is 1. The highest BCUT2D eigenvalue weighted by molar-refractivity contribution is 7.90. The summed E-state index contributed by atoms with van der Waals surface area (Å²) in [6.45, 7) is 1.78. The van der Waals surface area contributed by atoms with Crippen LogP contribution >= 0.6 is 0 Å². The van der Waals surface area contributed by atoms with Crippen LogP contribution in [0.1, 0.15) is 34.0 Å². The van der Waals surface area contributed by atoms with Crippen LogP contribution in [0.3, 0.4) is 0 Å². The van der Waals surface area contributed by atoms with Gasteiger partial charge in [0.2, 0.25) is 0 Å². The number of hydrogen-bond donors (Lipinski definition) is 1. The van der Waals surface area contributed by atoms with E-state index in [9.17, 15) is 28.0 Å². The first-order chi connectivity index (χ1) is 14.2. The van der Waals surface area contributed by atoms with Gasteiger partial charge in [-0.1, -0.05) is 31.2 Å². The zero-order valence-corrected chi connectivity index (χ0v) is 16.9. The standard InChI is InChI=1S/C23H18FNO4S/c1-2-16-7-8-18(23(26)27)12-22(16)30(28,29)14-19-10-15(13-25)6-9-21(19)17-4-3-5-20(24)11-17/h3-12H,2,14H2,1H3,(H,26,27). The Morgan fingerprint density at radius 3 is 2.47 bits per heavy atom. The number of carboxylic acids is 1. The summed E-state index contributed by atoms with van der Waals surface area (Å²) in [6.07, 6.45) is 0.406. The predicted molar refractivity (Wildman–Crippen MR) is 110 cm³/mol. The van der Waals surface area contributed by atoms with E-state index >= 15 is 0 Å². The average molecular weight is 423 g/mol. The van der Waals surface area contributed by atoms with Crippen LogP contribution in [0.15, 0.2) is 65.6 Å². The highest BCUT2D eigenvalue weighted by Gasteiger charge is 2.23. The van der Waals surface area contributed by atoms with E-state index in [0.717, 1.165) is 6.07 Å². The van der Waals surface area contributed by atoms with Gasteiger partial charge in [0, 0.05) is 0 Å². The Balaban J connectivity index is 2.15. The molecule has 3 aromatic rings. The molecule has 0 aliphatic rings. The Labute approximate surface area is 174 Å². The van der Waals surface area contributed by atoms with Crippen molar-refractivity contribution in [1.82, 2.24) is 0 Å². The van der Waals surface area contributed by atoms with E-state index in [4.69, 9.17) is 0 Å². The fourth-order valence-electron chi connectivity index (χ4n) is 3.27. The van der Waals surface area contributed by atoms with Crippen LogP contribution in [0.2, 0.25) is 0 Å². The quantitative estimate of drug-likeness (QED) is 0.625. The summed E-state index contributed by atoms with van der Waals surface area (Å²) in [5, 5.41) is 18.5. The molecule has 7 heteroatoms. The lowest BCUT2D eigenvalue weighted by atomic mass is 9.98. The SMILES string of the molecule is CCc1ccc(C(=O)O)cc1S(=O)(=O)Cc1cc(C#N)ccc1-c1cccc(F)c1. The van der Waals surface area contributed by atoms with Crippen molar-refractivity contribution in [3.05, 3.63) is 88.7 Å². The second-order valence-corrected chi connectivity index (χ2v) is 8.69. The first-order valence-electron chi connectivity index (χ1n) is 9.13. The van der Waals surface area contributed by atoms with Crippen LogP contribution < -0.4 is 0 Å². The first kappa shape index (κ1) is 21.2. The maximum atomic E-state index is 13.7. The van der Waals surface area contributed by atoms with E-state index in [1.165, 1.54) is 36.4 Å². The second-order valence-electron chi connectivity index (χ2n) is 6.73. The Kier molecular flexibility index (Phi) is 5.99. The monoisotopic (exact) mass is 423 g/mol. The third-order valence-corrected chi connectivity index (χ3v) is 6.49. The van der Waals surface area contributed by atoms with Crippen molar-refractivity contribution in [3.63, 3.8) is 0 Å². The topological polar surface area (TPSA) is 95.2 Å². The largest absolute Gasteiger partial charge is 0.478 e. The summed E-state index contributed by atoms with van der Waals surface area (Å²) in [5.41, 5.74) is 1.97. The van der Waals surface area contributed by atoms with Crippen molar-refractivity contribution in [2.45, 2.75) is 24.0 Å². The number of rotatable bonds is 6. The van der Waals surface area contributed by atoms with Gasteiger partial charge in [-0.15, -0.1) is 0 Å². The lowest BCUT2D eigenvalue weighted by Crippen LogP contribution is -2.11. The van der Waals surface area contributed by atoms with E-state index in [-0.39, 0.29) is 16.0 Å². The van der Waals surface area contributed by atoms with Gasteiger partial charge in [-0.05, 0) is 65.1 Å². The molecule has 0 fully saturated rings. The molecule has 0 unspecified atom stereocenters. The highest BCUT2D eigenvalue weighted by Crippen LogP contribution is 2.30.